The number of fused-ring (bicyclic) bond motifs is 1. The molecule has 0 aliphatic heterocycles. The third-order valence-corrected chi connectivity index (χ3v) is 4.12. The highest BCUT2D eigenvalue weighted by Gasteiger charge is 2.28. The lowest BCUT2D eigenvalue weighted by molar-refractivity contribution is 0.127. The molecule has 24 heavy (non-hydrogen) atoms. The van der Waals surface area contributed by atoms with Crippen LogP contribution in [0.2, 0.25) is 0 Å². The normalized spacial score (nSPS) is 12.1. The molecule has 0 saturated carbocycles. The number of rotatable bonds is 4. The average Bonchev–Trinajstić information content (AvgIpc) is 2.85. The number of aromatic nitrogens is 2. The monoisotopic (exact) mass is 444 g/mol. The highest BCUT2D eigenvalue weighted by Crippen LogP contribution is 2.40. The van der Waals surface area contributed by atoms with Crippen molar-refractivity contribution in [2.45, 2.75) is 23.9 Å². The Morgan fingerprint density at radius 2 is 1.79 bits per heavy atom. The first kappa shape index (κ1) is 16.9. The van der Waals surface area contributed by atoms with Crippen LogP contribution in [0.15, 0.2) is 41.2 Å². The van der Waals surface area contributed by atoms with E-state index in [4.69, 9.17) is 4.74 Å². The van der Waals surface area contributed by atoms with E-state index in [1.807, 2.05) is 13.8 Å². The Hall–Kier alpha value is -1.90. The Labute approximate surface area is 150 Å². The van der Waals surface area contributed by atoms with Crippen LogP contribution in [0.3, 0.4) is 0 Å². The van der Waals surface area contributed by atoms with Gasteiger partial charge in [-0.3, -0.25) is 0 Å². The number of benzene rings is 2. The van der Waals surface area contributed by atoms with E-state index in [-0.39, 0.29) is 17.4 Å². The first-order valence-electron chi connectivity index (χ1n) is 7.34. The van der Waals surface area contributed by atoms with Crippen LogP contribution in [0.1, 0.15) is 19.4 Å². The van der Waals surface area contributed by atoms with Gasteiger partial charge in [0.15, 0.2) is 0 Å². The van der Waals surface area contributed by atoms with E-state index in [0.717, 1.165) is 22.6 Å². The molecule has 1 heterocycles. The summed E-state index contributed by atoms with van der Waals surface area (Å²) in [5, 5.41) is 0. The van der Waals surface area contributed by atoms with Crippen molar-refractivity contribution in [3.63, 3.8) is 0 Å². The lowest BCUT2D eigenvalue weighted by atomic mass is 10.0. The minimum Gasteiger partial charge on any atom is -0.490 e. The smallest absolute Gasteiger partial charge is 0.323 e. The molecule has 0 bridgehead atoms. The Balaban J connectivity index is 2.18. The van der Waals surface area contributed by atoms with Gasteiger partial charge in [0.05, 0.1) is 17.1 Å². The summed E-state index contributed by atoms with van der Waals surface area (Å²) in [5.41, 5.74) is 2.10. The number of nitrogens with one attached hydrogen (secondary N) is 2. The molecule has 0 saturated heterocycles. The molecule has 0 atom stereocenters. The number of hydrogen-bond acceptors (Lipinski definition) is 2. The molecular weight excluding hydrogens is 429 g/mol. The number of aromatic amines is 2. The van der Waals surface area contributed by atoms with Gasteiger partial charge in [-0.15, -0.1) is 0 Å². The predicted octanol–water partition coefficient (Wildman–Crippen LogP) is 4.79. The molecule has 7 heteroatoms. The highest BCUT2D eigenvalue weighted by atomic mass is 127. The molecule has 0 spiro atoms. The number of imidazole rings is 1. The first-order chi connectivity index (χ1) is 11.2. The number of alkyl halides is 3. The molecule has 2 aromatic carbocycles. The zero-order valence-electron chi connectivity index (χ0n) is 13.0. The third-order valence-electron chi connectivity index (χ3n) is 3.50. The lowest BCUT2D eigenvalue weighted by Gasteiger charge is -2.17. The Morgan fingerprint density at radius 1 is 1.08 bits per heavy atom. The van der Waals surface area contributed by atoms with E-state index in [0.29, 0.717) is 27.9 Å². The summed E-state index contributed by atoms with van der Waals surface area (Å²) >= 11 is 1.11. The van der Waals surface area contributed by atoms with E-state index in [1.165, 1.54) is 12.1 Å². The maximum absolute atomic E-state index is 13.7. The van der Waals surface area contributed by atoms with Gasteiger partial charge >= 0.3 is 9.62 Å². The van der Waals surface area contributed by atoms with Crippen molar-refractivity contribution in [2.24, 2.45) is 0 Å². The van der Waals surface area contributed by atoms with Gasteiger partial charge in [-0.2, -0.15) is 8.78 Å². The van der Waals surface area contributed by atoms with Gasteiger partial charge < -0.3 is 14.7 Å². The van der Waals surface area contributed by atoms with Crippen LogP contribution in [-0.2, 0) is 3.93 Å². The van der Waals surface area contributed by atoms with Crippen molar-refractivity contribution in [2.75, 3.05) is 0 Å². The SMILES string of the molecule is CC(C)Oc1ccc(C(F)(F)I)cc1-c1ccc2[nH]c(=O)[nH]c2c1. The highest BCUT2D eigenvalue weighted by molar-refractivity contribution is 14.1. The standard InChI is InChI=1S/C17H15F2IN2O2/c1-9(2)24-15-6-4-11(17(18,19)20)8-12(15)10-3-5-13-14(7-10)22-16(23)21-13/h3-9H,1-2H3,(H2,21,22,23). The lowest BCUT2D eigenvalue weighted by Crippen LogP contribution is -2.08. The average molecular weight is 444 g/mol. The molecule has 0 radical (unpaired) electrons. The molecule has 126 valence electrons. The van der Waals surface area contributed by atoms with Gasteiger partial charge in [0.2, 0.25) is 0 Å². The van der Waals surface area contributed by atoms with Crippen molar-refractivity contribution in [1.29, 1.82) is 0 Å². The van der Waals surface area contributed by atoms with Gasteiger partial charge in [0.1, 0.15) is 5.75 Å². The van der Waals surface area contributed by atoms with Crippen LogP contribution in [0, 0.1) is 0 Å². The van der Waals surface area contributed by atoms with Crippen molar-refractivity contribution in [3.8, 4) is 16.9 Å². The minimum atomic E-state index is -2.98. The minimum absolute atomic E-state index is 0.0921. The van der Waals surface area contributed by atoms with E-state index in [9.17, 15) is 13.6 Å². The Bertz CT molecular complexity index is 942. The second-order valence-corrected chi connectivity index (χ2v) is 7.07. The molecule has 1 aromatic heterocycles. The maximum atomic E-state index is 13.7. The molecule has 0 amide bonds. The second-order valence-electron chi connectivity index (χ2n) is 5.71. The van der Waals surface area contributed by atoms with Crippen LogP contribution in [0.4, 0.5) is 8.78 Å². The molecule has 3 rings (SSSR count). The fraction of sp³-hybridized carbons (Fsp3) is 0.235. The number of halogens is 3. The van der Waals surface area contributed by atoms with Gasteiger partial charge in [0.25, 0.3) is 0 Å². The van der Waals surface area contributed by atoms with E-state index < -0.39 is 3.93 Å². The van der Waals surface area contributed by atoms with Gasteiger partial charge in [-0.05, 0) is 49.7 Å². The van der Waals surface area contributed by atoms with Crippen LogP contribution >= 0.6 is 22.6 Å². The quantitative estimate of drug-likeness (QED) is 0.449. The van der Waals surface area contributed by atoms with Crippen molar-refractivity contribution >= 4 is 33.6 Å². The summed E-state index contributed by atoms with van der Waals surface area (Å²) in [4.78, 5) is 16.7. The Morgan fingerprint density at radius 3 is 2.46 bits per heavy atom. The van der Waals surface area contributed by atoms with E-state index in [2.05, 4.69) is 9.97 Å². The van der Waals surface area contributed by atoms with E-state index >= 15 is 0 Å². The number of ether oxygens (including phenoxy) is 1. The summed E-state index contributed by atoms with van der Waals surface area (Å²) in [6.07, 6.45) is -0.0921. The second kappa shape index (κ2) is 6.19. The van der Waals surface area contributed by atoms with Crippen LogP contribution in [0.25, 0.3) is 22.2 Å². The van der Waals surface area contributed by atoms with Crippen molar-refractivity contribution in [3.05, 3.63) is 52.4 Å². The van der Waals surface area contributed by atoms with Gasteiger partial charge in [-0.1, -0.05) is 6.07 Å². The third kappa shape index (κ3) is 3.45. The zero-order valence-corrected chi connectivity index (χ0v) is 15.1. The first-order valence-corrected chi connectivity index (χ1v) is 8.42. The summed E-state index contributed by atoms with van der Waals surface area (Å²) in [7, 11) is 0. The van der Waals surface area contributed by atoms with Crippen LogP contribution in [0.5, 0.6) is 5.75 Å². The van der Waals surface area contributed by atoms with Crippen LogP contribution in [-0.4, -0.2) is 16.1 Å². The molecule has 0 unspecified atom stereocenters. The molecule has 3 aromatic rings. The fourth-order valence-corrected chi connectivity index (χ4v) is 2.82. The number of H-pyrrole nitrogens is 2. The topological polar surface area (TPSA) is 57.9 Å². The molecule has 2 N–H and O–H groups in total. The molecule has 0 aliphatic carbocycles. The summed E-state index contributed by atoms with van der Waals surface area (Å²) in [6.45, 7) is 3.74. The molecular formula is C17H15F2IN2O2. The van der Waals surface area contributed by atoms with E-state index in [1.54, 1.807) is 24.3 Å². The van der Waals surface area contributed by atoms with Crippen molar-refractivity contribution in [1.82, 2.24) is 9.97 Å². The number of hydrogen-bond donors (Lipinski definition) is 2. The summed E-state index contributed by atoms with van der Waals surface area (Å²) < 4.78 is 30.2. The van der Waals surface area contributed by atoms with Gasteiger partial charge in [0, 0.05) is 33.7 Å². The fourth-order valence-electron chi connectivity index (χ4n) is 2.49. The summed E-state index contributed by atoms with van der Waals surface area (Å²) in [6, 6.07) is 9.59. The van der Waals surface area contributed by atoms with Crippen LogP contribution < -0.4 is 10.4 Å². The Kier molecular flexibility index (Phi) is 4.37. The molecule has 4 nitrogen and oxygen atoms in total. The summed E-state index contributed by atoms with van der Waals surface area (Å²) in [5.74, 6) is 0.520. The zero-order chi connectivity index (χ0) is 17.5. The predicted molar refractivity (Wildman–Crippen MR) is 98.0 cm³/mol. The largest absolute Gasteiger partial charge is 0.490 e. The molecule has 0 aliphatic rings. The molecule has 0 fully saturated rings. The van der Waals surface area contributed by atoms with Crippen molar-refractivity contribution < 1.29 is 13.5 Å². The maximum Gasteiger partial charge on any atom is 0.323 e. The van der Waals surface area contributed by atoms with Gasteiger partial charge in [-0.25, -0.2) is 4.79 Å².